The molecule has 2 saturated heterocycles. The molecule has 9 heteroatoms. The molecule has 0 aliphatic carbocycles. The molecule has 202 valence electrons. The molecular weight excluding hydrogens is 520 g/mol. The van der Waals surface area contributed by atoms with Crippen molar-refractivity contribution in [3.8, 4) is 5.69 Å². The van der Waals surface area contributed by atoms with Crippen molar-refractivity contribution >= 4 is 34.2 Å². The SMILES string of the molecule is O=C([C@H]1CCCN(Cc2nc3ccccc3n2-c2ccc(F)cc2)C1)N1CCN(c2ccc(F)c(Cl)c2)CC1. The van der Waals surface area contributed by atoms with E-state index in [1.165, 1.54) is 18.2 Å². The van der Waals surface area contributed by atoms with Crippen LogP contribution < -0.4 is 4.90 Å². The minimum absolute atomic E-state index is 0.0609. The third kappa shape index (κ3) is 5.36. The van der Waals surface area contributed by atoms with Gasteiger partial charge in [-0.15, -0.1) is 0 Å². The summed E-state index contributed by atoms with van der Waals surface area (Å²) in [6.07, 6.45) is 1.82. The summed E-state index contributed by atoms with van der Waals surface area (Å²) in [6, 6.07) is 19.2. The van der Waals surface area contributed by atoms with E-state index in [2.05, 4.69) is 14.4 Å². The van der Waals surface area contributed by atoms with E-state index < -0.39 is 5.82 Å². The van der Waals surface area contributed by atoms with Crippen molar-refractivity contribution in [3.63, 3.8) is 0 Å². The molecule has 2 aliphatic heterocycles. The van der Waals surface area contributed by atoms with Gasteiger partial charge in [-0.3, -0.25) is 14.3 Å². The number of carbonyl (C=O) groups is 1. The van der Waals surface area contributed by atoms with Crippen LogP contribution in [0.4, 0.5) is 14.5 Å². The number of imidazole rings is 1. The Labute approximate surface area is 231 Å². The molecule has 0 saturated carbocycles. The predicted molar refractivity (Wildman–Crippen MR) is 149 cm³/mol. The molecule has 6 nitrogen and oxygen atoms in total. The molecular formula is C30H30ClF2N5O. The molecule has 4 aromatic rings. The molecule has 1 aromatic heterocycles. The number of fused-ring (bicyclic) bond motifs is 1. The van der Waals surface area contributed by atoms with Gasteiger partial charge >= 0.3 is 0 Å². The second kappa shape index (κ2) is 10.9. The highest BCUT2D eigenvalue weighted by Crippen LogP contribution is 2.27. The number of anilines is 1. The summed E-state index contributed by atoms with van der Waals surface area (Å²) in [4.78, 5) is 24.8. The maximum atomic E-state index is 13.6. The van der Waals surface area contributed by atoms with E-state index >= 15 is 0 Å². The van der Waals surface area contributed by atoms with Crippen LogP contribution in [0.5, 0.6) is 0 Å². The molecule has 2 aliphatic rings. The summed E-state index contributed by atoms with van der Waals surface area (Å²) in [6.45, 7) is 4.82. The summed E-state index contributed by atoms with van der Waals surface area (Å²) < 4.78 is 29.3. The van der Waals surface area contributed by atoms with Crippen LogP contribution in [-0.2, 0) is 11.3 Å². The number of rotatable bonds is 5. The monoisotopic (exact) mass is 549 g/mol. The van der Waals surface area contributed by atoms with Gasteiger partial charge in [0.15, 0.2) is 0 Å². The van der Waals surface area contributed by atoms with Crippen molar-refractivity contribution < 1.29 is 13.6 Å². The number of halogens is 3. The smallest absolute Gasteiger partial charge is 0.227 e. The van der Waals surface area contributed by atoms with Crippen LogP contribution in [0.1, 0.15) is 18.7 Å². The molecule has 1 atom stereocenters. The minimum Gasteiger partial charge on any atom is -0.368 e. The first-order valence-corrected chi connectivity index (χ1v) is 13.8. The van der Waals surface area contributed by atoms with Crippen LogP contribution in [0, 0.1) is 17.6 Å². The fraction of sp³-hybridized carbons (Fsp3) is 0.333. The van der Waals surface area contributed by atoms with Gasteiger partial charge in [0, 0.05) is 44.1 Å². The summed E-state index contributed by atoms with van der Waals surface area (Å²) >= 11 is 5.97. The zero-order valence-corrected chi connectivity index (χ0v) is 22.3. The van der Waals surface area contributed by atoms with Crippen LogP contribution in [0.25, 0.3) is 16.7 Å². The number of nitrogens with zero attached hydrogens (tertiary/aromatic N) is 5. The standard InChI is InChI=1S/C30H30ClF2N5O/c31-25-18-24(11-12-26(25)33)36-14-16-37(17-15-36)30(39)21-4-3-13-35(19-21)20-29-34-27-5-1-2-6-28(27)38(29)23-9-7-22(32)8-10-23/h1-2,5-12,18,21H,3-4,13-17,19-20H2/t21-/m0/s1. The highest BCUT2D eigenvalue weighted by atomic mass is 35.5. The number of hydrogen-bond donors (Lipinski definition) is 0. The molecule has 6 rings (SSSR count). The number of benzene rings is 3. The van der Waals surface area contributed by atoms with E-state index in [0.29, 0.717) is 39.3 Å². The van der Waals surface area contributed by atoms with E-state index in [4.69, 9.17) is 16.6 Å². The van der Waals surface area contributed by atoms with Gasteiger partial charge in [0.25, 0.3) is 0 Å². The molecule has 3 heterocycles. The van der Waals surface area contributed by atoms with Gasteiger partial charge in [0.05, 0.1) is 28.5 Å². The fourth-order valence-electron chi connectivity index (χ4n) is 5.79. The average molecular weight is 550 g/mol. The second-order valence-corrected chi connectivity index (χ2v) is 10.7. The number of para-hydroxylation sites is 2. The quantitative estimate of drug-likeness (QED) is 0.329. The van der Waals surface area contributed by atoms with Gasteiger partial charge in [-0.05, 0) is 74.0 Å². The van der Waals surface area contributed by atoms with Crippen LogP contribution in [0.2, 0.25) is 5.02 Å². The normalized spacial score (nSPS) is 18.6. The number of hydrogen-bond acceptors (Lipinski definition) is 4. The fourth-order valence-corrected chi connectivity index (χ4v) is 5.96. The third-order valence-corrected chi connectivity index (χ3v) is 8.08. The molecule has 1 amide bonds. The van der Waals surface area contributed by atoms with Crippen molar-refractivity contribution in [1.29, 1.82) is 0 Å². The van der Waals surface area contributed by atoms with Crippen molar-refractivity contribution in [2.45, 2.75) is 19.4 Å². The lowest BCUT2D eigenvalue weighted by molar-refractivity contribution is -0.137. The zero-order chi connectivity index (χ0) is 26.9. The summed E-state index contributed by atoms with van der Waals surface area (Å²) in [7, 11) is 0. The lowest BCUT2D eigenvalue weighted by Crippen LogP contribution is -2.52. The average Bonchev–Trinajstić information content (AvgIpc) is 3.32. The van der Waals surface area contributed by atoms with Gasteiger partial charge in [0.1, 0.15) is 17.5 Å². The highest BCUT2D eigenvalue weighted by Gasteiger charge is 2.32. The third-order valence-electron chi connectivity index (χ3n) is 7.79. The Bertz CT molecular complexity index is 1480. The molecule has 0 unspecified atom stereocenters. The number of piperazine rings is 1. The van der Waals surface area contributed by atoms with Gasteiger partial charge in [-0.25, -0.2) is 13.8 Å². The first kappa shape index (κ1) is 25.8. The number of amides is 1. The van der Waals surface area contributed by atoms with Crippen molar-refractivity contribution in [2.24, 2.45) is 5.92 Å². The summed E-state index contributed by atoms with van der Waals surface area (Å²) in [5.74, 6) is 0.314. The van der Waals surface area contributed by atoms with Gasteiger partial charge in [-0.2, -0.15) is 0 Å². The zero-order valence-electron chi connectivity index (χ0n) is 21.6. The Morgan fingerprint density at radius 3 is 2.44 bits per heavy atom. The van der Waals surface area contributed by atoms with E-state index in [-0.39, 0.29) is 22.7 Å². The van der Waals surface area contributed by atoms with Crippen molar-refractivity contribution in [2.75, 3.05) is 44.2 Å². The molecule has 0 bridgehead atoms. The molecule has 39 heavy (non-hydrogen) atoms. The molecule has 0 N–H and O–H groups in total. The van der Waals surface area contributed by atoms with E-state index in [0.717, 1.165) is 47.6 Å². The maximum absolute atomic E-state index is 13.6. The highest BCUT2D eigenvalue weighted by molar-refractivity contribution is 6.31. The van der Waals surface area contributed by atoms with Crippen LogP contribution in [0.3, 0.4) is 0 Å². The summed E-state index contributed by atoms with van der Waals surface area (Å²) in [5, 5.41) is 0.112. The molecule has 0 spiro atoms. The van der Waals surface area contributed by atoms with E-state index in [1.807, 2.05) is 29.2 Å². The van der Waals surface area contributed by atoms with Crippen LogP contribution in [0.15, 0.2) is 66.7 Å². The lowest BCUT2D eigenvalue weighted by atomic mass is 9.96. The molecule has 0 radical (unpaired) electrons. The van der Waals surface area contributed by atoms with Crippen LogP contribution in [-0.4, -0.2) is 64.5 Å². The number of piperidine rings is 1. The molecule has 3 aromatic carbocycles. The van der Waals surface area contributed by atoms with Gasteiger partial charge < -0.3 is 9.80 Å². The number of aromatic nitrogens is 2. The number of carbonyl (C=O) groups excluding carboxylic acids is 1. The Kier molecular flexibility index (Phi) is 7.23. The second-order valence-electron chi connectivity index (χ2n) is 10.3. The molecule has 2 fully saturated rings. The summed E-state index contributed by atoms with van der Waals surface area (Å²) in [5.41, 5.74) is 3.61. The van der Waals surface area contributed by atoms with E-state index in [9.17, 15) is 13.6 Å². The largest absolute Gasteiger partial charge is 0.368 e. The van der Waals surface area contributed by atoms with Crippen molar-refractivity contribution in [3.05, 3.63) is 89.2 Å². The maximum Gasteiger partial charge on any atom is 0.227 e. The van der Waals surface area contributed by atoms with Crippen molar-refractivity contribution in [1.82, 2.24) is 19.4 Å². The first-order chi connectivity index (χ1) is 19.0. The Balaban J connectivity index is 1.13. The topological polar surface area (TPSA) is 44.6 Å². The Hall–Kier alpha value is -3.49. The first-order valence-electron chi connectivity index (χ1n) is 13.4. The van der Waals surface area contributed by atoms with Crippen LogP contribution >= 0.6 is 11.6 Å². The Morgan fingerprint density at radius 1 is 0.923 bits per heavy atom. The van der Waals surface area contributed by atoms with Gasteiger partial charge in [0.2, 0.25) is 5.91 Å². The van der Waals surface area contributed by atoms with Gasteiger partial charge in [-0.1, -0.05) is 23.7 Å². The number of likely N-dealkylation sites (tertiary alicyclic amines) is 1. The lowest BCUT2D eigenvalue weighted by Gasteiger charge is -2.39. The predicted octanol–water partition coefficient (Wildman–Crippen LogP) is 5.52. The minimum atomic E-state index is -0.427. The Morgan fingerprint density at radius 2 is 1.67 bits per heavy atom. The van der Waals surface area contributed by atoms with E-state index in [1.54, 1.807) is 24.3 Å².